The van der Waals surface area contributed by atoms with Gasteiger partial charge in [0.2, 0.25) is 5.69 Å². The fourth-order valence-corrected chi connectivity index (χ4v) is 3.47. The van der Waals surface area contributed by atoms with E-state index in [2.05, 4.69) is 26.1 Å². The van der Waals surface area contributed by atoms with Gasteiger partial charge in [-0.15, -0.1) is 15.0 Å². The molecule has 0 saturated carbocycles. The van der Waals surface area contributed by atoms with Gasteiger partial charge in [0.1, 0.15) is 5.82 Å². The van der Waals surface area contributed by atoms with Crippen molar-refractivity contribution in [2.75, 3.05) is 36.0 Å². The Morgan fingerprint density at radius 2 is 1.61 bits per heavy atom. The van der Waals surface area contributed by atoms with Gasteiger partial charge in [0.25, 0.3) is 0 Å². The Morgan fingerprint density at radius 3 is 2.25 bits per heavy atom. The van der Waals surface area contributed by atoms with E-state index in [-0.39, 0.29) is 11.5 Å². The molecule has 7 nitrogen and oxygen atoms in total. The highest BCUT2D eigenvalue weighted by Crippen LogP contribution is 2.24. The molecule has 0 amide bonds. The van der Waals surface area contributed by atoms with Crippen molar-refractivity contribution in [2.45, 2.75) is 0 Å². The van der Waals surface area contributed by atoms with Crippen LogP contribution < -0.4 is 9.80 Å². The van der Waals surface area contributed by atoms with Crippen molar-refractivity contribution in [3.63, 3.8) is 0 Å². The number of halogens is 2. The molecule has 144 valence electrons. The van der Waals surface area contributed by atoms with Crippen LogP contribution in [0.25, 0.3) is 5.69 Å². The topological polar surface area (TPSA) is 74.5 Å². The summed E-state index contributed by atoms with van der Waals surface area (Å²) in [5.41, 5.74) is 1.13. The van der Waals surface area contributed by atoms with Gasteiger partial charge in [0, 0.05) is 30.7 Å². The SMILES string of the molecule is O=C(O)c1nn(-c2ccc(Br)cc2)nc1N1CCN(c2ccccc2F)CC1. The number of aromatic nitrogens is 3. The van der Waals surface area contributed by atoms with Crippen LogP contribution in [0.2, 0.25) is 0 Å². The van der Waals surface area contributed by atoms with E-state index in [0.29, 0.717) is 43.4 Å². The molecule has 0 unspecified atom stereocenters. The monoisotopic (exact) mass is 445 g/mol. The van der Waals surface area contributed by atoms with Crippen LogP contribution in [0.1, 0.15) is 10.5 Å². The maximum atomic E-state index is 14.0. The van der Waals surface area contributed by atoms with E-state index < -0.39 is 5.97 Å². The highest BCUT2D eigenvalue weighted by molar-refractivity contribution is 9.10. The molecular formula is C19H17BrFN5O2. The first-order chi connectivity index (χ1) is 13.5. The second-order valence-electron chi connectivity index (χ2n) is 6.37. The highest BCUT2D eigenvalue weighted by Gasteiger charge is 2.27. The Labute approximate surface area is 169 Å². The molecule has 1 aromatic heterocycles. The largest absolute Gasteiger partial charge is 0.476 e. The predicted octanol–water partition coefficient (Wildman–Crippen LogP) is 3.19. The zero-order chi connectivity index (χ0) is 19.7. The normalized spacial score (nSPS) is 14.4. The molecule has 0 spiro atoms. The molecule has 1 N–H and O–H groups in total. The number of hydrogen-bond acceptors (Lipinski definition) is 5. The molecule has 1 fully saturated rings. The maximum Gasteiger partial charge on any atom is 0.360 e. The van der Waals surface area contributed by atoms with Crippen molar-refractivity contribution in [1.29, 1.82) is 0 Å². The summed E-state index contributed by atoms with van der Waals surface area (Å²) in [5.74, 6) is -1.07. The van der Waals surface area contributed by atoms with Crippen LogP contribution in [0.3, 0.4) is 0 Å². The fraction of sp³-hybridized carbons (Fsp3) is 0.211. The van der Waals surface area contributed by atoms with Crippen LogP contribution in [-0.4, -0.2) is 52.2 Å². The Bertz CT molecular complexity index is 1000. The molecule has 1 aliphatic rings. The van der Waals surface area contributed by atoms with Crippen molar-refractivity contribution in [1.82, 2.24) is 15.0 Å². The number of rotatable bonds is 4. The molecule has 0 bridgehead atoms. The van der Waals surface area contributed by atoms with Crippen molar-refractivity contribution in [3.05, 3.63) is 64.5 Å². The van der Waals surface area contributed by atoms with Gasteiger partial charge in [-0.1, -0.05) is 28.1 Å². The smallest absolute Gasteiger partial charge is 0.360 e. The van der Waals surface area contributed by atoms with Crippen LogP contribution in [0.4, 0.5) is 15.9 Å². The second-order valence-corrected chi connectivity index (χ2v) is 7.28. The number of anilines is 2. The number of carboxylic acid groups (broad SMARTS) is 1. The zero-order valence-electron chi connectivity index (χ0n) is 14.8. The molecule has 9 heteroatoms. The van der Waals surface area contributed by atoms with Crippen LogP contribution in [0, 0.1) is 5.82 Å². The Morgan fingerprint density at radius 1 is 0.964 bits per heavy atom. The van der Waals surface area contributed by atoms with Gasteiger partial charge in [-0.05, 0) is 36.4 Å². The number of para-hydroxylation sites is 1. The third-order valence-electron chi connectivity index (χ3n) is 4.63. The summed E-state index contributed by atoms with van der Waals surface area (Å²) in [6.07, 6.45) is 0. The summed E-state index contributed by atoms with van der Waals surface area (Å²) in [6.45, 7) is 2.16. The van der Waals surface area contributed by atoms with Gasteiger partial charge in [-0.2, -0.15) is 0 Å². The Balaban J connectivity index is 1.57. The average molecular weight is 446 g/mol. The number of carboxylic acids is 1. The minimum absolute atomic E-state index is 0.0951. The van der Waals surface area contributed by atoms with E-state index in [9.17, 15) is 14.3 Å². The lowest BCUT2D eigenvalue weighted by Crippen LogP contribution is -2.47. The van der Waals surface area contributed by atoms with Crippen molar-refractivity contribution < 1.29 is 14.3 Å². The maximum absolute atomic E-state index is 14.0. The van der Waals surface area contributed by atoms with Crippen molar-refractivity contribution in [2.24, 2.45) is 0 Å². The van der Waals surface area contributed by atoms with Crippen LogP contribution in [-0.2, 0) is 0 Å². The van der Waals surface area contributed by atoms with E-state index in [1.807, 2.05) is 21.9 Å². The first-order valence-electron chi connectivity index (χ1n) is 8.74. The molecular weight excluding hydrogens is 429 g/mol. The molecule has 0 aliphatic carbocycles. The standard InChI is InChI=1S/C19H17BrFN5O2/c20-13-5-7-14(8-6-13)26-22-17(19(27)28)18(23-26)25-11-9-24(10-12-25)16-4-2-1-3-15(16)21/h1-8H,9-12H2,(H,27,28). The Kier molecular flexibility index (Phi) is 4.99. The van der Waals surface area contributed by atoms with Crippen molar-refractivity contribution >= 4 is 33.4 Å². The molecule has 0 atom stereocenters. The van der Waals surface area contributed by atoms with Gasteiger partial charge in [-0.25, -0.2) is 9.18 Å². The lowest BCUT2D eigenvalue weighted by Gasteiger charge is -2.36. The van der Waals surface area contributed by atoms with E-state index in [1.165, 1.54) is 10.9 Å². The summed E-state index contributed by atoms with van der Waals surface area (Å²) >= 11 is 3.37. The van der Waals surface area contributed by atoms with E-state index in [4.69, 9.17) is 0 Å². The van der Waals surface area contributed by atoms with Gasteiger partial charge in [0.15, 0.2) is 5.82 Å². The quantitative estimate of drug-likeness (QED) is 0.664. The molecule has 0 radical (unpaired) electrons. The Hall–Kier alpha value is -2.94. The van der Waals surface area contributed by atoms with Crippen LogP contribution in [0.5, 0.6) is 0 Å². The summed E-state index contributed by atoms with van der Waals surface area (Å²) < 4.78 is 14.9. The van der Waals surface area contributed by atoms with Crippen LogP contribution >= 0.6 is 15.9 Å². The van der Waals surface area contributed by atoms with Crippen LogP contribution in [0.15, 0.2) is 53.0 Å². The number of nitrogens with zero attached hydrogens (tertiary/aromatic N) is 5. The fourth-order valence-electron chi connectivity index (χ4n) is 3.21. The summed E-state index contributed by atoms with van der Waals surface area (Å²) in [5, 5.41) is 18.1. The third-order valence-corrected chi connectivity index (χ3v) is 5.16. The minimum Gasteiger partial charge on any atom is -0.476 e. The van der Waals surface area contributed by atoms with Gasteiger partial charge < -0.3 is 14.9 Å². The van der Waals surface area contributed by atoms with E-state index in [1.54, 1.807) is 30.3 Å². The van der Waals surface area contributed by atoms with Gasteiger partial charge in [-0.3, -0.25) is 0 Å². The molecule has 1 aliphatic heterocycles. The number of hydrogen-bond donors (Lipinski definition) is 1. The second kappa shape index (κ2) is 7.59. The highest BCUT2D eigenvalue weighted by atomic mass is 79.9. The summed E-state index contributed by atoms with van der Waals surface area (Å²) in [4.78, 5) is 16.8. The van der Waals surface area contributed by atoms with Gasteiger partial charge in [0.05, 0.1) is 11.4 Å². The first kappa shape index (κ1) is 18.4. The molecule has 2 aromatic carbocycles. The lowest BCUT2D eigenvalue weighted by atomic mass is 10.2. The summed E-state index contributed by atoms with van der Waals surface area (Å²) in [7, 11) is 0. The molecule has 28 heavy (non-hydrogen) atoms. The van der Waals surface area contributed by atoms with E-state index in [0.717, 1.165) is 4.47 Å². The lowest BCUT2D eigenvalue weighted by molar-refractivity contribution is 0.0690. The van der Waals surface area contributed by atoms with Crippen molar-refractivity contribution in [3.8, 4) is 5.69 Å². The predicted molar refractivity (Wildman–Crippen MR) is 107 cm³/mol. The van der Waals surface area contributed by atoms with Gasteiger partial charge >= 0.3 is 5.97 Å². The number of piperazine rings is 1. The molecule has 1 saturated heterocycles. The number of benzene rings is 2. The molecule has 3 aromatic rings. The van der Waals surface area contributed by atoms with E-state index >= 15 is 0 Å². The molecule has 4 rings (SSSR count). The molecule has 2 heterocycles. The average Bonchev–Trinajstić information content (AvgIpc) is 3.15. The zero-order valence-corrected chi connectivity index (χ0v) is 16.4. The number of carbonyl (C=O) groups is 1. The summed E-state index contributed by atoms with van der Waals surface area (Å²) in [6, 6.07) is 13.9. The minimum atomic E-state index is -1.13. The number of aromatic carboxylic acids is 1. The first-order valence-corrected chi connectivity index (χ1v) is 9.53. The third kappa shape index (κ3) is 3.57.